The molecule has 2 aromatic rings. The Bertz CT molecular complexity index is 1000. The molecule has 2 bridgehead atoms. The number of hydrogen-bond acceptors (Lipinski definition) is 3. The van der Waals surface area contributed by atoms with Crippen LogP contribution in [0.5, 0.6) is 0 Å². The molecule has 3 heterocycles. The highest BCUT2D eigenvalue weighted by Crippen LogP contribution is 2.42. The minimum Gasteiger partial charge on any atom is -0.338 e. The van der Waals surface area contributed by atoms with Crippen molar-refractivity contribution < 1.29 is 9.18 Å². The van der Waals surface area contributed by atoms with Gasteiger partial charge in [-0.1, -0.05) is 36.8 Å². The Hall–Kier alpha value is -2.71. The van der Waals surface area contributed by atoms with E-state index in [0.717, 1.165) is 25.9 Å². The zero-order valence-corrected chi connectivity index (χ0v) is 17.7. The van der Waals surface area contributed by atoms with Crippen molar-refractivity contribution in [1.29, 1.82) is 5.26 Å². The van der Waals surface area contributed by atoms with E-state index in [0.29, 0.717) is 30.5 Å². The van der Waals surface area contributed by atoms with Crippen LogP contribution in [0.4, 0.5) is 4.39 Å². The predicted octanol–water partition coefficient (Wildman–Crippen LogP) is 4.26. The second-order valence-electron chi connectivity index (χ2n) is 9.36. The van der Waals surface area contributed by atoms with Crippen LogP contribution in [0.3, 0.4) is 0 Å². The van der Waals surface area contributed by atoms with Crippen molar-refractivity contribution >= 4 is 5.91 Å². The summed E-state index contributed by atoms with van der Waals surface area (Å²) >= 11 is 0. The SMILES string of the molecule is N#Cc1cc(F)cc(C(=O)N2C[C@H]3C[C@@H](C2)[C@H](Cc2ccccc2)N2CCCC[C@@H]32)c1. The van der Waals surface area contributed by atoms with Crippen LogP contribution in [-0.4, -0.2) is 47.4 Å². The highest BCUT2D eigenvalue weighted by Gasteiger charge is 2.47. The fraction of sp³-hybridized carbons (Fsp3) is 0.462. The maximum atomic E-state index is 14.0. The summed E-state index contributed by atoms with van der Waals surface area (Å²) < 4.78 is 14.0. The lowest BCUT2D eigenvalue weighted by molar-refractivity contribution is -0.0642. The van der Waals surface area contributed by atoms with E-state index >= 15 is 0 Å². The number of halogens is 1. The number of rotatable bonds is 3. The zero-order chi connectivity index (χ0) is 21.4. The molecule has 0 spiro atoms. The molecule has 3 fully saturated rings. The van der Waals surface area contributed by atoms with Crippen LogP contribution in [0.15, 0.2) is 48.5 Å². The number of carbonyl (C=O) groups excluding carboxylic acids is 1. The first-order valence-corrected chi connectivity index (χ1v) is 11.4. The Morgan fingerprint density at radius 1 is 1.10 bits per heavy atom. The molecule has 5 heteroatoms. The molecule has 0 N–H and O–H groups in total. The number of hydrogen-bond donors (Lipinski definition) is 0. The van der Waals surface area contributed by atoms with E-state index in [4.69, 9.17) is 5.26 Å². The van der Waals surface area contributed by atoms with Gasteiger partial charge in [0.2, 0.25) is 0 Å². The minimum absolute atomic E-state index is 0.145. The van der Waals surface area contributed by atoms with Crippen molar-refractivity contribution in [3.05, 3.63) is 71.0 Å². The first-order chi connectivity index (χ1) is 15.1. The van der Waals surface area contributed by atoms with Crippen LogP contribution in [0.25, 0.3) is 0 Å². The molecule has 3 aliphatic heterocycles. The van der Waals surface area contributed by atoms with E-state index in [1.165, 1.54) is 43.0 Å². The molecule has 0 unspecified atom stereocenters. The Labute approximate surface area is 183 Å². The number of nitriles is 1. The summed E-state index contributed by atoms with van der Waals surface area (Å²) in [5.74, 6) is 0.216. The van der Waals surface area contributed by atoms with Crippen molar-refractivity contribution in [2.24, 2.45) is 11.8 Å². The molecule has 4 atom stereocenters. The van der Waals surface area contributed by atoms with Crippen molar-refractivity contribution in [1.82, 2.24) is 9.80 Å². The van der Waals surface area contributed by atoms with Gasteiger partial charge >= 0.3 is 0 Å². The molecule has 5 rings (SSSR count). The van der Waals surface area contributed by atoms with E-state index < -0.39 is 5.82 Å². The summed E-state index contributed by atoms with van der Waals surface area (Å²) in [6.45, 7) is 2.58. The number of fused-ring (bicyclic) bond motifs is 4. The fourth-order valence-corrected chi connectivity index (χ4v) is 6.17. The van der Waals surface area contributed by atoms with Crippen LogP contribution in [0.1, 0.15) is 47.2 Å². The summed E-state index contributed by atoms with van der Waals surface area (Å²) in [6.07, 6.45) is 5.88. The third-order valence-electron chi connectivity index (χ3n) is 7.47. The van der Waals surface area contributed by atoms with Crippen LogP contribution in [0.2, 0.25) is 0 Å². The maximum absolute atomic E-state index is 14.0. The van der Waals surface area contributed by atoms with Gasteiger partial charge in [0.1, 0.15) is 5.82 Å². The Balaban J connectivity index is 1.42. The summed E-state index contributed by atoms with van der Waals surface area (Å²) in [5, 5.41) is 9.17. The van der Waals surface area contributed by atoms with Gasteiger partial charge in [-0.15, -0.1) is 0 Å². The molecule has 31 heavy (non-hydrogen) atoms. The highest BCUT2D eigenvalue weighted by atomic mass is 19.1. The zero-order valence-electron chi connectivity index (χ0n) is 17.7. The van der Waals surface area contributed by atoms with Gasteiger partial charge in [-0.05, 0) is 67.8 Å². The summed E-state index contributed by atoms with van der Waals surface area (Å²) in [7, 11) is 0. The quantitative estimate of drug-likeness (QED) is 0.750. The van der Waals surface area contributed by atoms with Crippen LogP contribution < -0.4 is 0 Å². The Kier molecular flexibility index (Phi) is 5.50. The van der Waals surface area contributed by atoms with E-state index in [2.05, 4.69) is 35.2 Å². The second kappa shape index (κ2) is 8.43. The molecule has 160 valence electrons. The number of likely N-dealkylation sites (tertiary alicyclic amines) is 1. The van der Waals surface area contributed by atoms with Crippen molar-refractivity contribution in [2.45, 2.75) is 44.2 Å². The van der Waals surface area contributed by atoms with Gasteiger partial charge in [-0.2, -0.15) is 5.26 Å². The number of carbonyl (C=O) groups is 1. The predicted molar refractivity (Wildman–Crippen MR) is 117 cm³/mol. The van der Waals surface area contributed by atoms with Crippen LogP contribution in [0, 0.1) is 29.0 Å². The second-order valence-corrected chi connectivity index (χ2v) is 9.36. The monoisotopic (exact) mass is 417 g/mol. The van der Waals surface area contributed by atoms with Gasteiger partial charge in [0, 0.05) is 30.7 Å². The lowest BCUT2D eigenvalue weighted by Crippen LogP contribution is -2.64. The van der Waals surface area contributed by atoms with Crippen molar-refractivity contribution in [2.75, 3.05) is 19.6 Å². The summed E-state index contributed by atoms with van der Waals surface area (Å²) in [5.41, 5.74) is 1.83. The Morgan fingerprint density at radius 2 is 1.90 bits per heavy atom. The third-order valence-corrected chi connectivity index (χ3v) is 7.47. The van der Waals surface area contributed by atoms with E-state index in [1.807, 2.05) is 11.0 Å². The van der Waals surface area contributed by atoms with Crippen molar-refractivity contribution in [3.63, 3.8) is 0 Å². The molecule has 0 aromatic heterocycles. The molecule has 1 amide bonds. The van der Waals surface area contributed by atoms with Gasteiger partial charge in [0.15, 0.2) is 0 Å². The van der Waals surface area contributed by atoms with Crippen molar-refractivity contribution in [3.8, 4) is 6.07 Å². The van der Waals surface area contributed by atoms with E-state index in [1.54, 1.807) is 0 Å². The molecule has 0 aliphatic carbocycles. The largest absolute Gasteiger partial charge is 0.338 e. The van der Waals surface area contributed by atoms with Gasteiger partial charge in [-0.25, -0.2) is 4.39 Å². The number of benzene rings is 2. The maximum Gasteiger partial charge on any atom is 0.254 e. The van der Waals surface area contributed by atoms with Crippen LogP contribution >= 0.6 is 0 Å². The highest BCUT2D eigenvalue weighted by molar-refractivity contribution is 5.94. The molecule has 0 radical (unpaired) electrons. The van der Waals surface area contributed by atoms with Gasteiger partial charge < -0.3 is 4.90 Å². The molecule has 4 nitrogen and oxygen atoms in total. The number of amides is 1. The number of piperidine rings is 3. The smallest absolute Gasteiger partial charge is 0.254 e. The first kappa shape index (κ1) is 20.2. The number of nitrogens with zero attached hydrogens (tertiary/aromatic N) is 3. The minimum atomic E-state index is -0.528. The van der Waals surface area contributed by atoms with Gasteiger partial charge in [0.05, 0.1) is 11.6 Å². The standard InChI is InChI=1S/C26H28FN3O/c27-23-11-19(15-28)10-20(14-23)26(31)29-16-21-13-22(17-29)25(12-18-6-2-1-3-7-18)30-9-5-4-8-24(21)30/h1-3,6-7,10-11,14,21-22,24-25H,4-5,8-9,12-13,16-17H2/t21-,22+,24+,25+/m1/s1. The lowest BCUT2D eigenvalue weighted by Gasteiger charge is -2.57. The first-order valence-electron chi connectivity index (χ1n) is 11.4. The van der Waals surface area contributed by atoms with E-state index in [-0.39, 0.29) is 17.0 Å². The fourth-order valence-electron chi connectivity index (χ4n) is 6.17. The molecular formula is C26H28FN3O. The summed E-state index contributed by atoms with van der Waals surface area (Å²) in [6, 6.07) is 17.5. The molecule has 2 aromatic carbocycles. The van der Waals surface area contributed by atoms with Gasteiger partial charge in [0.25, 0.3) is 5.91 Å². The van der Waals surface area contributed by atoms with Gasteiger partial charge in [-0.3, -0.25) is 9.69 Å². The third kappa shape index (κ3) is 3.97. The average molecular weight is 418 g/mol. The molecule has 3 aliphatic rings. The lowest BCUT2D eigenvalue weighted by atomic mass is 9.71. The topological polar surface area (TPSA) is 47.3 Å². The van der Waals surface area contributed by atoms with E-state index in [9.17, 15) is 9.18 Å². The normalized spacial score (nSPS) is 27.9. The average Bonchev–Trinajstić information content (AvgIpc) is 2.81. The summed E-state index contributed by atoms with van der Waals surface area (Å²) in [4.78, 5) is 18.0. The molecule has 0 saturated carbocycles. The molecular weight excluding hydrogens is 389 g/mol. The Morgan fingerprint density at radius 3 is 2.71 bits per heavy atom. The van der Waals surface area contributed by atoms with Crippen LogP contribution in [-0.2, 0) is 6.42 Å². The molecule has 3 saturated heterocycles.